The summed E-state index contributed by atoms with van der Waals surface area (Å²) in [6.07, 6.45) is 1.16. The summed E-state index contributed by atoms with van der Waals surface area (Å²) in [4.78, 5) is 0. The van der Waals surface area contributed by atoms with Crippen molar-refractivity contribution in [2.75, 3.05) is 13.2 Å². The number of hydrogen-bond acceptors (Lipinski definition) is 5. The molecule has 2 N–H and O–H groups in total. The Morgan fingerprint density at radius 3 is 2.78 bits per heavy atom. The molecule has 3 rings (SSSR count). The third-order valence-corrected chi connectivity index (χ3v) is 4.64. The van der Waals surface area contributed by atoms with Crippen molar-refractivity contribution in [3.63, 3.8) is 0 Å². The van der Waals surface area contributed by atoms with E-state index in [0.717, 1.165) is 31.0 Å². The van der Waals surface area contributed by atoms with E-state index in [2.05, 4.69) is 17.3 Å². The third kappa shape index (κ3) is 3.34. The average Bonchev–Trinajstić information content (AvgIpc) is 3.21. The molecule has 0 bridgehead atoms. The van der Waals surface area contributed by atoms with Gasteiger partial charge in [-0.2, -0.15) is 5.10 Å². The molecule has 0 amide bonds. The summed E-state index contributed by atoms with van der Waals surface area (Å²) in [6, 6.07) is 3.71. The molecule has 1 saturated heterocycles. The first-order valence-corrected chi connectivity index (χ1v) is 8.11. The average molecular weight is 319 g/mol. The number of aliphatic hydroxyl groups excluding tert-OH is 1. The minimum atomic E-state index is -0.0574. The molecular formula is C17H25N3O3. The third-order valence-electron chi connectivity index (χ3n) is 4.64. The molecule has 1 fully saturated rings. The number of nitrogens with one attached hydrogen (secondary N) is 1. The van der Waals surface area contributed by atoms with Crippen LogP contribution in [0.25, 0.3) is 0 Å². The fourth-order valence-electron chi connectivity index (χ4n) is 3.35. The van der Waals surface area contributed by atoms with Crippen LogP contribution in [0.4, 0.5) is 0 Å². The molecule has 2 aromatic rings. The molecule has 0 saturated carbocycles. The Balaban J connectivity index is 1.61. The molecule has 6 nitrogen and oxygen atoms in total. The SMILES string of the molecule is Cc1nn(C)c(C)c1[C@H]1OCC[C@@H]1CNCc1ccc(CO)o1. The van der Waals surface area contributed by atoms with Crippen molar-refractivity contribution in [2.24, 2.45) is 13.0 Å². The van der Waals surface area contributed by atoms with Gasteiger partial charge in [0.1, 0.15) is 18.1 Å². The molecular weight excluding hydrogens is 294 g/mol. The predicted molar refractivity (Wildman–Crippen MR) is 85.8 cm³/mol. The van der Waals surface area contributed by atoms with Gasteiger partial charge in [0.15, 0.2) is 0 Å². The van der Waals surface area contributed by atoms with Gasteiger partial charge in [-0.3, -0.25) is 4.68 Å². The van der Waals surface area contributed by atoms with E-state index in [0.29, 0.717) is 18.2 Å². The fraction of sp³-hybridized carbons (Fsp3) is 0.588. The van der Waals surface area contributed by atoms with E-state index in [-0.39, 0.29) is 12.7 Å². The second-order valence-electron chi connectivity index (χ2n) is 6.21. The molecule has 0 radical (unpaired) electrons. The van der Waals surface area contributed by atoms with Gasteiger partial charge in [-0.1, -0.05) is 0 Å². The van der Waals surface area contributed by atoms with Gasteiger partial charge in [0.05, 0.1) is 18.3 Å². The molecule has 0 aromatic carbocycles. The van der Waals surface area contributed by atoms with Gasteiger partial charge in [0.2, 0.25) is 0 Å². The van der Waals surface area contributed by atoms with Gasteiger partial charge < -0.3 is 19.6 Å². The lowest BCUT2D eigenvalue weighted by Crippen LogP contribution is -2.25. The number of aliphatic hydroxyl groups is 1. The number of nitrogens with zero attached hydrogens (tertiary/aromatic N) is 2. The largest absolute Gasteiger partial charge is 0.462 e. The van der Waals surface area contributed by atoms with Crippen LogP contribution in [0.5, 0.6) is 0 Å². The zero-order chi connectivity index (χ0) is 16.4. The van der Waals surface area contributed by atoms with Gasteiger partial charge in [-0.05, 0) is 32.4 Å². The van der Waals surface area contributed by atoms with Gasteiger partial charge >= 0.3 is 0 Å². The topological polar surface area (TPSA) is 72.5 Å². The van der Waals surface area contributed by atoms with E-state index in [1.165, 1.54) is 11.3 Å². The predicted octanol–water partition coefficient (Wildman–Crippen LogP) is 1.99. The minimum absolute atomic E-state index is 0.0574. The van der Waals surface area contributed by atoms with Crippen molar-refractivity contribution < 1.29 is 14.3 Å². The Morgan fingerprint density at radius 2 is 2.13 bits per heavy atom. The van der Waals surface area contributed by atoms with E-state index < -0.39 is 0 Å². The number of aryl methyl sites for hydroxylation is 2. The number of hydrogen-bond donors (Lipinski definition) is 2. The first-order chi connectivity index (χ1) is 11.1. The van der Waals surface area contributed by atoms with Crippen LogP contribution in [0.1, 0.15) is 41.0 Å². The standard InChI is InChI=1S/C17H25N3O3/c1-11-16(12(2)20(3)19-11)17-13(6-7-22-17)8-18-9-14-4-5-15(10-21)23-14/h4-5,13,17-18,21H,6-10H2,1-3H3/t13-,17+/m1/s1. The Morgan fingerprint density at radius 1 is 1.35 bits per heavy atom. The van der Waals surface area contributed by atoms with Crippen molar-refractivity contribution in [1.29, 1.82) is 0 Å². The van der Waals surface area contributed by atoms with Crippen LogP contribution < -0.4 is 5.32 Å². The summed E-state index contributed by atoms with van der Waals surface area (Å²) in [5.41, 5.74) is 3.47. The molecule has 23 heavy (non-hydrogen) atoms. The van der Waals surface area contributed by atoms with Gasteiger partial charge in [0, 0.05) is 37.4 Å². The highest BCUT2D eigenvalue weighted by Gasteiger charge is 2.33. The maximum Gasteiger partial charge on any atom is 0.129 e. The second-order valence-corrected chi connectivity index (χ2v) is 6.21. The summed E-state index contributed by atoms with van der Waals surface area (Å²) in [6.45, 7) is 6.41. The van der Waals surface area contributed by atoms with Crippen LogP contribution in [-0.4, -0.2) is 28.0 Å². The number of ether oxygens (including phenoxy) is 1. The Kier molecular flexibility index (Phi) is 4.84. The van der Waals surface area contributed by atoms with Gasteiger partial charge in [0.25, 0.3) is 0 Å². The first kappa shape index (κ1) is 16.2. The van der Waals surface area contributed by atoms with Crippen LogP contribution >= 0.6 is 0 Å². The molecule has 2 aromatic heterocycles. The van der Waals surface area contributed by atoms with Crippen molar-refractivity contribution in [3.8, 4) is 0 Å². The molecule has 1 aliphatic rings. The normalized spacial score (nSPS) is 21.2. The lowest BCUT2D eigenvalue weighted by Gasteiger charge is -2.19. The molecule has 1 aliphatic heterocycles. The molecule has 3 heterocycles. The highest BCUT2D eigenvalue weighted by atomic mass is 16.5. The van der Waals surface area contributed by atoms with Crippen molar-refractivity contribution in [1.82, 2.24) is 15.1 Å². The highest BCUT2D eigenvalue weighted by Crippen LogP contribution is 2.37. The van der Waals surface area contributed by atoms with E-state index in [1.807, 2.05) is 24.7 Å². The summed E-state index contributed by atoms with van der Waals surface area (Å²) in [5.74, 6) is 1.88. The van der Waals surface area contributed by atoms with E-state index in [1.54, 1.807) is 6.07 Å². The number of aromatic nitrogens is 2. The Hall–Kier alpha value is -1.63. The number of furan rings is 1. The molecule has 0 aliphatic carbocycles. The van der Waals surface area contributed by atoms with E-state index in [9.17, 15) is 0 Å². The van der Waals surface area contributed by atoms with Crippen LogP contribution in [0, 0.1) is 19.8 Å². The van der Waals surface area contributed by atoms with Crippen molar-refractivity contribution in [2.45, 2.75) is 39.5 Å². The van der Waals surface area contributed by atoms with Crippen molar-refractivity contribution in [3.05, 3.63) is 40.6 Å². The van der Waals surface area contributed by atoms with E-state index >= 15 is 0 Å². The van der Waals surface area contributed by atoms with Gasteiger partial charge in [-0.25, -0.2) is 0 Å². The molecule has 126 valence electrons. The monoisotopic (exact) mass is 319 g/mol. The Bertz CT molecular complexity index is 662. The molecule has 6 heteroatoms. The summed E-state index contributed by atoms with van der Waals surface area (Å²) in [5, 5.41) is 17.0. The quantitative estimate of drug-likeness (QED) is 0.852. The maximum atomic E-state index is 9.03. The van der Waals surface area contributed by atoms with Crippen LogP contribution in [0.2, 0.25) is 0 Å². The van der Waals surface area contributed by atoms with Gasteiger partial charge in [-0.15, -0.1) is 0 Å². The molecule has 2 atom stereocenters. The lowest BCUT2D eigenvalue weighted by atomic mass is 9.94. The van der Waals surface area contributed by atoms with Crippen LogP contribution in [0.3, 0.4) is 0 Å². The van der Waals surface area contributed by atoms with Crippen molar-refractivity contribution >= 4 is 0 Å². The highest BCUT2D eigenvalue weighted by molar-refractivity contribution is 5.28. The molecule has 0 spiro atoms. The van der Waals surface area contributed by atoms with Crippen LogP contribution in [0.15, 0.2) is 16.5 Å². The number of rotatable bonds is 6. The zero-order valence-electron chi connectivity index (χ0n) is 14.0. The smallest absolute Gasteiger partial charge is 0.129 e. The Labute approximate surface area is 136 Å². The van der Waals surface area contributed by atoms with E-state index in [4.69, 9.17) is 14.3 Å². The fourth-order valence-corrected chi connectivity index (χ4v) is 3.35. The molecule has 0 unspecified atom stereocenters. The minimum Gasteiger partial charge on any atom is -0.462 e. The summed E-state index contributed by atoms with van der Waals surface area (Å²) < 4.78 is 13.4. The maximum absolute atomic E-state index is 9.03. The summed E-state index contributed by atoms with van der Waals surface area (Å²) in [7, 11) is 1.98. The first-order valence-electron chi connectivity index (χ1n) is 8.11. The summed E-state index contributed by atoms with van der Waals surface area (Å²) >= 11 is 0. The van der Waals surface area contributed by atoms with Crippen LogP contribution in [-0.2, 0) is 24.9 Å². The zero-order valence-corrected chi connectivity index (χ0v) is 14.0. The lowest BCUT2D eigenvalue weighted by molar-refractivity contribution is 0.0892. The second kappa shape index (κ2) is 6.86.